The lowest BCUT2D eigenvalue weighted by Crippen LogP contribution is -2.44. The zero-order valence-corrected chi connectivity index (χ0v) is 17.2. The van der Waals surface area contributed by atoms with Gasteiger partial charge in [-0.25, -0.2) is 4.79 Å². The summed E-state index contributed by atoms with van der Waals surface area (Å²) >= 11 is 0. The van der Waals surface area contributed by atoms with E-state index < -0.39 is 0 Å². The summed E-state index contributed by atoms with van der Waals surface area (Å²) in [5.41, 5.74) is 2.94. The summed E-state index contributed by atoms with van der Waals surface area (Å²) in [5.74, 6) is 2.29. The number of carbonyl (C=O) groups is 1. The molecule has 152 valence electrons. The maximum Gasteiger partial charge on any atom is 0.318 e. The first-order valence-corrected chi connectivity index (χ1v) is 9.65. The van der Waals surface area contributed by atoms with Crippen molar-refractivity contribution in [3.63, 3.8) is 0 Å². The second kappa shape index (κ2) is 8.54. The Morgan fingerprint density at radius 2 is 2.14 bits per heavy atom. The highest BCUT2D eigenvalue weighted by molar-refractivity contribution is 5.75. The van der Waals surface area contributed by atoms with Crippen LogP contribution in [0.25, 0.3) is 0 Å². The average molecular weight is 387 g/mol. The minimum Gasteiger partial charge on any atom is -0.497 e. The Kier molecular flexibility index (Phi) is 6.11. The minimum absolute atomic E-state index is 0.00730. The Bertz CT molecular complexity index is 814. The molecule has 0 aliphatic carbocycles. The SMILES string of the molecule is COc1ccc(C2CCCN2C(=O)NC(C)Cc2c(C)noc2C)c(OC)c1. The van der Waals surface area contributed by atoms with Gasteiger partial charge in [-0.1, -0.05) is 5.16 Å². The number of benzene rings is 1. The predicted octanol–water partition coefficient (Wildman–Crippen LogP) is 3.79. The van der Waals surface area contributed by atoms with E-state index in [1.54, 1.807) is 14.2 Å². The van der Waals surface area contributed by atoms with Gasteiger partial charge in [0.1, 0.15) is 17.3 Å². The number of aromatic nitrogens is 1. The number of hydrogen-bond acceptors (Lipinski definition) is 5. The number of likely N-dealkylation sites (tertiary alicyclic amines) is 1. The van der Waals surface area contributed by atoms with Crippen LogP contribution in [0.4, 0.5) is 4.79 Å². The Hall–Kier alpha value is -2.70. The molecule has 1 aliphatic heterocycles. The van der Waals surface area contributed by atoms with Gasteiger partial charge >= 0.3 is 6.03 Å². The van der Waals surface area contributed by atoms with Gasteiger partial charge in [0, 0.05) is 29.8 Å². The number of methoxy groups -OCH3 is 2. The van der Waals surface area contributed by atoms with Gasteiger partial charge < -0.3 is 24.2 Å². The van der Waals surface area contributed by atoms with Crippen LogP contribution < -0.4 is 14.8 Å². The van der Waals surface area contributed by atoms with E-state index in [1.807, 2.05) is 43.9 Å². The van der Waals surface area contributed by atoms with Gasteiger partial charge in [-0.3, -0.25) is 0 Å². The van der Waals surface area contributed by atoms with E-state index in [4.69, 9.17) is 14.0 Å². The van der Waals surface area contributed by atoms with Crippen LogP contribution in [-0.2, 0) is 6.42 Å². The van der Waals surface area contributed by atoms with Crippen LogP contribution in [0.15, 0.2) is 22.7 Å². The third-order valence-electron chi connectivity index (χ3n) is 5.37. The third-order valence-corrected chi connectivity index (χ3v) is 5.37. The topological polar surface area (TPSA) is 76.8 Å². The Balaban J connectivity index is 1.71. The number of ether oxygens (including phenoxy) is 2. The van der Waals surface area contributed by atoms with E-state index >= 15 is 0 Å². The first-order chi connectivity index (χ1) is 13.4. The molecule has 2 aromatic rings. The molecule has 0 spiro atoms. The molecule has 1 saturated heterocycles. The zero-order chi connectivity index (χ0) is 20.3. The van der Waals surface area contributed by atoms with Crippen LogP contribution in [0.3, 0.4) is 0 Å². The molecule has 28 heavy (non-hydrogen) atoms. The molecular weight excluding hydrogens is 358 g/mol. The van der Waals surface area contributed by atoms with Crippen LogP contribution in [-0.4, -0.2) is 42.9 Å². The minimum atomic E-state index is -0.0559. The lowest BCUT2D eigenvalue weighted by Gasteiger charge is -2.28. The van der Waals surface area contributed by atoms with Crippen molar-refractivity contribution in [1.29, 1.82) is 0 Å². The molecule has 2 atom stereocenters. The summed E-state index contributed by atoms with van der Waals surface area (Å²) < 4.78 is 16.1. The summed E-state index contributed by atoms with van der Waals surface area (Å²) in [4.78, 5) is 14.9. The first-order valence-electron chi connectivity index (χ1n) is 9.65. The van der Waals surface area contributed by atoms with Crippen molar-refractivity contribution < 1.29 is 18.8 Å². The summed E-state index contributed by atoms with van der Waals surface area (Å²) in [6.07, 6.45) is 2.57. The molecule has 0 radical (unpaired) electrons. The van der Waals surface area contributed by atoms with Gasteiger partial charge in [0.15, 0.2) is 0 Å². The second-order valence-corrected chi connectivity index (χ2v) is 7.32. The predicted molar refractivity (Wildman–Crippen MR) is 106 cm³/mol. The fourth-order valence-electron chi connectivity index (χ4n) is 3.87. The number of rotatable bonds is 6. The van der Waals surface area contributed by atoms with Gasteiger partial charge in [-0.05, 0) is 52.2 Å². The van der Waals surface area contributed by atoms with Gasteiger partial charge in [-0.15, -0.1) is 0 Å². The fraction of sp³-hybridized carbons (Fsp3) is 0.524. The van der Waals surface area contributed by atoms with E-state index in [9.17, 15) is 4.79 Å². The number of carbonyl (C=O) groups excluding carboxylic acids is 1. The fourth-order valence-corrected chi connectivity index (χ4v) is 3.87. The Labute approximate surface area is 166 Å². The first kappa shape index (κ1) is 20.0. The van der Waals surface area contributed by atoms with E-state index in [0.717, 1.165) is 53.5 Å². The van der Waals surface area contributed by atoms with Gasteiger partial charge in [-0.2, -0.15) is 0 Å². The normalized spacial score (nSPS) is 17.5. The van der Waals surface area contributed by atoms with E-state index in [2.05, 4.69) is 10.5 Å². The summed E-state index contributed by atoms with van der Waals surface area (Å²) in [6.45, 7) is 6.55. The smallest absolute Gasteiger partial charge is 0.318 e. The average Bonchev–Trinajstić information content (AvgIpc) is 3.29. The van der Waals surface area contributed by atoms with E-state index in [1.165, 1.54) is 0 Å². The molecule has 1 aromatic heterocycles. The summed E-state index contributed by atoms with van der Waals surface area (Å²) in [5, 5.41) is 7.11. The molecular formula is C21H29N3O4. The lowest BCUT2D eigenvalue weighted by atomic mass is 10.0. The van der Waals surface area contributed by atoms with Crippen molar-refractivity contribution in [2.45, 2.75) is 52.1 Å². The molecule has 2 amide bonds. The molecule has 0 bridgehead atoms. The van der Waals surface area contributed by atoms with Crippen molar-refractivity contribution in [1.82, 2.24) is 15.4 Å². The second-order valence-electron chi connectivity index (χ2n) is 7.32. The van der Waals surface area contributed by atoms with Crippen molar-refractivity contribution in [2.24, 2.45) is 0 Å². The van der Waals surface area contributed by atoms with Crippen LogP contribution in [0.5, 0.6) is 11.5 Å². The zero-order valence-electron chi connectivity index (χ0n) is 17.2. The molecule has 7 heteroatoms. The maximum absolute atomic E-state index is 13.0. The van der Waals surface area contributed by atoms with Gasteiger partial charge in [0.05, 0.1) is 26.0 Å². The van der Waals surface area contributed by atoms with Crippen molar-refractivity contribution in [3.05, 3.63) is 40.8 Å². The molecule has 1 fully saturated rings. The standard InChI is InChI=1S/C21H29N3O4/c1-13(11-18-14(2)23-28-15(18)3)22-21(25)24-10-6-7-19(24)17-9-8-16(26-4)12-20(17)27-5/h8-9,12-13,19H,6-7,10-11H2,1-5H3,(H,22,25). The number of aryl methyl sites for hydroxylation is 2. The molecule has 0 saturated carbocycles. The highest BCUT2D eigenvalue weighted by Crippen LogP contribution is 2.38. The van der Waals surface area contributed by atoms with Crippen molar-refractivity contribution in [3.8, 4) is 11.5 Å². The van der Waals surface area contributed by atoms with Crippen LogP contribution in [0.2, 0.25) is 0 Å². The highest BCUT2D eigenvalue weighted by Gasteiger charge is 2.32. The monoisotopic (exact) mass is 387 g/mol. The Morgan fingerprint density at radius 1 is 1.36 bits per heavy atom. The third kappa shape index (κ3) is 4.08. The summed E-state index contributed by atoms with van der Waals surface area (Å²) in [6, 6.07) is 5.67. The number of urea groups is 1. The van der Waals surface area contributed by atoms with Crippen molar-refractivity contribution in [2.75, 3.05) is 20.8 Å². The Morgan fingerprint density at radius 3 is 2.79 bits per heavy atom. The molecule has 1 aromatic carbocycles. The van der Waals surface area contributed by atoms with E-state index in [-0.39, 0.29) is 18.1 Å². The molecule has 7 nitrogen and oxygen atoms in total. The van der Waals surface area contributed by atoms with E-state index in [0.29, 0.717) is 6.42 Å². The van der Waals surface area contributed by atoms with Crippen LogP contribution in [0, 0.1) is 13.8 Å². The summed E-state index contributed by atoms with van der Waals surface area (Å²) in [7, 11) is 3.27. The molecule has 3 rings (SSSR count). The van der Waals surface area contributed by atoms with Gasteiger partial charge in [0.25, 0.3) is 0 Å². The quantitative estimate of drug-likeness (QED) is 0.816. The molecule has 2 unspecified atom stereocenters. The lowest BCUT2D eigenvalue weighted by molar-refractivity contribution is 0.188. The van der Waals surface area contributed by atoms with Crippen molar-refractivity contribution >= 4 is 6.03 Å². The number of nitrogens with zero attached hydrogens (tertiary/aromatic N) is 2. The number of amides is 2. The van der Waals surface area contributed by atoms with Crippen LogP contribution in [0.1, 0.15) is 48.4 Å². The molecule has 2 heterocycles. The van der Waals surface area contributed by atoms with Crippen LogP contribution >= 0.6 is 0 Å². The number of nitrogens with one attached hydrogen (secondary N) is 1. The van der Waals surface area contributed by atoms with Gasteiger partial charge in [0.2, 0.25) is 0 Å². The molecule has 1 aliphatic rings. The molecule has 1 N–H and O–H groups in total. The highest BCUT2D eigenvalue weighted by atomic mass is 16.5. The number of hydrogen-bond donors (Lipinski definition) is 1. The maximum atomic E-state index is 13.0. The largest absolute Gasteiger partial charge is 0.497 e.